The highest BCUT2D eigenvalue weighted by Gasteiger charge is 2.29. The van der Waals surface area contributed by atoms with Crippen LogP contribution in [-0.2, 0) is 9.53 Å². The molecule has 1 aliphatic rings. The minimum Gasteiger partial charge on any atom is -0.490 e. The predicted octanol–water partition coefficient (Wildman–Crippen LogP) is 5.97. The second-order valence-electron chi connectivity index (χ2n) is 9.09. The van der Waals surface area contributed by atoms with Gasteiger partial charge in [-0.05, 0) is 76.4 Å². The van der Waals surface area contributed by atoms with Crippen molar-refractivity contribution < 1.29 is 19.0 Å². The second-order valence-corrected chi connectivity index (χ2v) is 10.0. The molecule has 1 unspecified atom stereocenters. The molecule has 2 heterocycles. The van der Waals surface area contributed by atoms with E-state index in [2.05, 4.69) is 43.0 Å². The summed E-state index contributed by atoms with van der Waals surface area (Å²) in [5.74, 6) is 2.32. The first kappa shape index (κ1) is 27.1. The van der Waals surface area contributed by atoms with E-state index in [1.807, 2.05) is 50.2 Å². The van der Waals surface area contributed by atoms with Crippen LogP contribution in [-0.4, -0.2) is 59.8 Å². The van der Waals surface area contributed by atoms with Crippen LogP contribution in [0, 0.1) is 5.92 Å². The third-order valence-electron chi connectivity index (χ3n) is 6.58. The maximum absolute atomic E-state index is 11.9. The minimum atomic E-state index is -0.155. The van der Waals surface area contributed by atoms with E-state index >= 15 is 0 Å². The zero-order chi connectivity index (χ0) is 26.2. The fourth-order valence-electron chi connectivity index (χ4n) is 4.78. The molecule has 4 rings (SSSR count). The molecule has 0 saturated carbocycles. The van der Waals surface area contributed by atoms with Crippen molar-refractivity contribution in [2.75, 3.05) is 38.2 Å². The van der Waals surface area contributed by atoms with Crippen molar-refractivity contribution in [3.63, 3.8) is 0 Å². The SMILES string of the molecule is CCOC(=O)CN1CCC(C(CC)Oc2cc3ncnc(Nc4cccc(Br)c4)c3cc2OCC)CC1. The first-order chi connectivity index (χ1) is 18.0. The zero-order valence-electron chi connectivity index (χ0n) is 21.7. The summed E-state index contributed by atoms with van der Waals surface area (Å²) < 4.78 is 18.7. The molecule has 0 spiro atoms. The maximum atomic E-state index is 11.9. The van der Waals surface area contributed by atoms with E-state index in [-0.39, 0.29) is 12.1 Å². The molecule has 1 fully saturated rings. The monoisotopic (exact) mass is 570 g/mol. The van der Waals surface area contributed by atoms with E-state index < -0.39 is 0 Å². The molecule has 1 N–H and O–H groups in total. The van der Waals surface area contributed by atoms with Crippen LogP contribution in [0.15, 0.2) is 47.2 Å². The van der Waals surface area contributed by atoms with Gasteiger partial charge in [0.25, 0.3) is 0 Å². The highest BCUT2D eigenvalue weighted by Crippen LogP contribution is 2.37. The number of hydrogen-bond acceptors (Lipinski definition) is 8. The second kappa shape index (κ2) is 13.1. The molecule has 1 saturated heterocycles. The number of esters is 1. The maximum Gasteiger partial charge on any atom is 0.320 e. The number of likely N-dealkylation sites (tertiary alicyclic amines) is 1. The van der Waals surface area contributed by atoms with E-state index in [9.17, 15) is 4.79 Å². The van der Waals surface area contributed by atoms with Gasteiger partial charge in [0.2, 0.25) is 0 Å². The van der Waals surface area contributed by atoms with Crippen molar-refractivity contribution in [3.05, 3.63) is 47.2 Å². The Morgan fingerprint density at radius 2 is 1.92 bits per heavy atom. The van der Waals surface area contributed by atoms with Gasteiger partial charge in [-0.3, -0.25) is 9.69 Å². The number of hydrogen-bond donors (Lipinski definition) is 1. The number of halogens is 1. The molecule has 3 aromatic rings. The standard InChI is InChI=1S/C28H35BrN4O4/c1-4-24(19-10-12-33(13-11-19)17-27(34)36-6-3)37-26-16-23-22(15-25(26)35-5-2)28(31-18-30-23)32-21-9-7-8-20(29)14-21/h7-9,14-16,18-19,24H,4-6,10-13,17H2,1-3H3,(H,30,31,32). The van der Waals surface area contributed by atoms with Crippen LogP contribution in [0.2, 0.25) is 0 Å². The lowest BCUT2D eigenvalue weighted by molar-refractivity contribution is -0.144. The van der Waals surface area contributed by atoms with Gasteiger partial charge in [-0.2, -0.15) is 0 Å². The Labute approximate surface area is 226 Å². The van der Waals surface area contributed by atoms with Gasteiger partial charge in [-0.25, -0.2) is 9.97 Å². The lowest BCUT2D eigenvalue weighted by atomic mass is 9.89. The fourth-order valence-corrected chi connectivity index (χ4v) is 5.17. The van der Waals surface area contributed by atoms with Crippen LogP contribution in [0.3, 0.4) is 0 Å². The number of carbonyl (C=O) groups is 1. The van der Waals surface area contributed by atoms with Crippen molar-refractivity contribution in [2.45, 2.75) is 46.1 Å². The summed E-state index contributed by atoms with van der Waals surface area (Å²) in [6.07, 6.45) is 4.42. The average Bonchev–Trinajstić information content (AvgIpc) is 2.89. The number of nitrogens with zero attached hydrogens (tertiary/aromatic N) is 3. The van der Waals surface area contributed by atoms with Gasteiger partial charge in [0, 0.05) is 21.6 Å². The molecular formula is C28H35BrN4O4. The van der Waals surface area contributed by atoms with Crippen molar-refractivity contribution >= 4 is 44.3 Å². The fraction of sp³-hybridized carbons (Fsp3) is 0.464. The molecule has 0 radical (unpaired) electrons. The van der Waals surface area contributed by atoms with Crippen LogP contribution < -0.4 is 14.8 Å². The molecule has 8 nitrogen and oxygen atoms in total. The number of piperidine rings is 1. The van der Waals surface area contributed by atoms with E-state index in [1.54, 1.807) is 6.33 Å². The molecule has 1 atom stereocenters. The first-order valence-electron chi connectivity index (χ1n) is 13.0. The molecule has 0 amide bonds. The van der Waals surface area contributed by atoms with Crippen LogP contribution in [0.5, 0.6) is 11.5 Å². The number of fused-ring (bicyclic) bond motifs is 1. The normalized spacial score (nSPS) is 15.4. The average molecular weight is 572 g/mol. The molecule has 198 valence electrons. The van der Waals surface area contributed by atoms with E-state index in [0.29, 0.717) is 43.0 Å². The molecule has 2 aromatic carbocycles. The van der Waals surface area contributed by atoms with Crippen molar-refractivity contribution in [1.29, 1.82) is 0 Å². The molecule has 0 bridgehead atoms. The van der Waals surface area contributed by atoms with Crippen LogP contribution in [0.4, 0.5) is 11.5 Å². The summed E-state index contributed by atoms with van der Waals surface area (Å²) in [6.45, 7) is 8.96. The topological polar surface area (TPSA) is 85.8 Å². The molecule has 37 heavy (non-hydrogen) atoms. The highest BCUT2D eigenvalue weighted by molar-refractivity contribution is 9.10. The number of nitrogens with one attached hydrogen (secondary N) is 1. The summed E-state index contributed by atoms with van der Waals surface area (Å²) in [7, 11) is 0. The summed E-state index contributed by atoms with van der Waals surface area (Å²) >= 11 is 3.52. The third-order valence-corrected chi connectivity index (χ3v) is 7.08. The number of anilines is 2. The van der Waals surface area contributed by atoms with Gasteiger partial charge >= 0.3 is 5.97 Å². The zero-order valence-corrected chi connectivity index (χ0v) is 23.3. The summed E-state index contributed by atoms with van der Waals surface area (Å²) in [6, 6.07) is 11.9. The number of rotatable bonds is 11. The van der Waals surface area contributed by atoms with Gasteiger partial charge in [0.15, 0.2) is 11.5 Å². The highest BCUT2D eigenvalue weighted by atomic mass is 79.9. The van der Waals surface area contributed by atoms with E-state index in [4.69, 9.17) is 14.2 Å². The summed E-state index contributed by atoms with van der Waals surface area (Å²) in [5.41, 5.74) is 1.71. The molecule has 9 heteroatoms. The van der Waals surface area contributed by atoms with Gasteiger partial charge in [0.05, 0.1) is 25.3 Å². The largest absolute Gasteiger partial charge is 0.490 e. The Morgan fingerprint density at radius 3 is 2.62 bits per heavy atom. The van der Waals surface area contributed by atoms with Crippen molar-refractivity contribution in [3.8, 4) is 11.5 Å². The van der Waals surface area contributed by atoms with Crippen molar-refractivity contribution in [2.24, 2.45) is 5.92 Å². The lowest BCUT2D eigenvalue weighted by Crippen LogP contribution is -2.42. The summed E-state index contributed by atoms with van der Waals surface area (Å²) in [4.78, 5) is 23.0. The number of carbonyl (C=O) groups excluding carboxylic acids is 1. The molecule has 1 aliphatic heterocycles. The molecule has 1 aromatic heterocycles. The number of benzene rings is 2. The van der Waals surface area contributed by atoms with Crippen LogP contribution in [0.25, 0.3) is 10.9 Å². The number of ether oxygens (including phenoxy) is 3. The molecule has 0 aliphatic carbocycles. The van der Waals surface area contributed by atoms with Crippen molar-refractivity contribution in [1.82, 2.24) is 14.9 Å². The van der Waals surface area contributed by atoms with Gasteiger partial charge in [-0.1, -0.05) is 28.9 Å². The third kappa shape index (κ3) is 7.11. The lowest BCUT2D eigenvalue weighted by Gasteiger charge is -2.35. The van der Waals surface area contributed by atoms with E-state index in [1.165, 1.54) is 0 Å². The molecular weight excluding hydrogens is 536 g/mol. The van der Waals surface area contributed by atoms with Gasteiger partial charge < -0.3 is 19.5 Å². The van der Waals surface area contributed by atoms with Gasteiger partial charge in [-0.15, -0.1) is 0 Å². The minimum absolute atomic E-state index is 0.0440. The van der Waals surface area contributed by atoms with Crippen LogP contribution >= 0.6 is 15.9 Å². The first-order valence-corrected chi connectivity index (χ1v) is 13.8. The Hall–Kier alpha value is -2.91. The smallest absolute Gasteiger partial charge is 0.320 e. The van der Waals surface area contributed by atoms with Gasteiger partial charge in [0.1, 0.15) is 18.2 Å². The Balaban J connectivity index is 1.52. The number of aromatic nitrogens is 2. The Kier molecular flexibility index (Phi) is 9.57. The summed E-state index contributed by atoms with van der Waals surface area (Å²) in [5, 5.41) is 4.25. The predicted molar refractivity (Wildman–Crippen MR) is 149 cm³/mol. The Bertz CT molecular complexity index is 1200. The quantitative estimate of drug-likeness (QED) is 0.282. The Morgan fingerprint density at radius 1 is 1.11 bits per heavy atom. The van der Waals surface area contributed by atoms with Crippen LogP contribution in [0.1, 0.15) is 40.0 Å². The van der Waals surface area contributed by atoms with E-state index in [0.717, 1.165) is 53.4 Å².